The molecule has 1 atom stereocenters. The van der Waals surface area contributed by atoms with Gasteiger partial charge in [0.25, 0.3) is 0 Å². The van der Waals surface area contributed by atoms with Crippen molar-refractivity contribution in [2.75, 3.05) is 13.2 Å². The van der Waals surface area contributed by atoms with E-state index >= 15 is 0 Å². The predicted molar refractivity (Wildman–Crippen MR) is 63.1 cm³/mol. The monoisotopic (exact) mass is 223 g/mol. The maximum atomic E-state index is 9.62. The van der Waals surface area contributed by atoms with Crippen LogP contribution in [-0.4, -0.2) is 28.0 Å². The molecule has 4 heteroatoms. The Labute approximate surface area is 96.5 Å². The fraction of sp³-hybridized carbons (Fsp3) is 0.750. The average Bonchev–Trinajstić information content (AvgIpc) is 2.70. The molecule has 3 N–H and O–H groups in total. The van der Waals surface area contributed by atoms with Crippen LogP contribution in [0.3, 0.4) is 0 Å². The largest absolute Gasteiger partial charge is 0.396 e. The summed E-state index contributed by atoms with van der Waals surface area (Å²) in [6.45, 7) is 3.77. The second-order valence-electron chi connectivity index (χ2n) is 4.73. The number of rotatable bonds is 5. The zero-order valence-corrected chi connectivity index (χ0v) is 9.89. The Bertz CT molecular complexity index is 338. The molecule has 0 bridgehead atoms. The van der Waals surface area contributed by atoms with E-state index in [1.165, 1.54) is 12.1 Å². The first-order valence-electron chi connectivity index (χ1n) is 6.10. The first-order chi connectivity index (χ1) is 7.77. The molecule has 1 heterocycles. The van der Waals surface area contributed by atoms with Gasteiger partial charge in [0.15, 0.2) is 0 Å². The van der Waals surface area contributed by atoms with Crippen LogP contribution in [0.5, 0.6) is 0 Å². The van der Waals surface area contributed by atoms with Gasteiger partial charge in [-0.1, -0.05) is 6.42 Å². The second kappa shape index (κ2) is 4.55. The van der Waals surface area contributed by atoms with Gasteiger partial charge in [-0.15, -0.1) is 0 Å². The number of aryl methyl sites for hydroxylation is 1. The molecular formula is C12H21N3O. The van der Waals surface area contributed by atoms with Gasteiger partial charge in [0.1, 0.15) is 0 Å². The van der Waals surface area contributed by atoms with Crippen LogP contribution < -0.4 is 5.73 Å². The van der Waals surface area contributed by atoms with Crippen molar-refractivity contribution >= 4 is 0 Å². The van der Waals surface area contributed by atoms with Crippen LogP contribution in [0, 0.1) is 5.41 Å². The van der Waals surface area contributed by atoms with Crippen molar-refractivity contribution in [3.05, 3.63) is 18.0 Å². The molecule has 0 saturated heterocycles. The summed E-state index contributed by atoms with van der Waals surface area (Å²) in [7, 11) is 0. The summed E-state index contributed by atoms with van der Waals surface area (Å²) in [6.07, 6.45) is 5.20. The fourth-order valence-electron chi connectivity index (χ4n) is 2.84. The Morgan fingerprint density at radius 1 is 1.62 bits per heavy atom. The molecule has 1 aromatic heterocycles. The lowest BCUT2D eigenvalue weighted by molar-refractivity contribution is 0.0166. The maximum absolute atomic E-state index is 9.62. The summed E-state index contributed by atoms with van der Waals surface area (Å²) < 4.78 is 1.99. The molecule has 1 aromatic rings. The van der Waals surface area contributed by atoms with Crippen LogP contribution in [0.2, 0.25) is 0 Å². The Balaban J connectivity index is 2.28. The molecule has 0 radical (unpaired) electrons. The normalized spacial score (nSPS) is 20.4. The van der Waals surface area contributed by atoms with Crippen molar-refractivity contribution in [3.8, 4) is 0 Å². The van der Waals surface area contributed by atoms with Crippen molar-refractivity contribution in [1.82, 2.24) is 9.78 Å². The zero-order chi connectivity index (χ0) is 11.6. The Hall–Kier alpha value is -0.870. The third kappa shape index (κ3) is 1.66. The molecule has 0 aliphatic heterocycles. The smallest absolute Gasteiger partial charge is 0.0494 e. The van der Waals surface area contributed by atoms with Crippen molar-refractivity contribution in [2.45, 2.75) is 38.6 Å². The van der Waals surface area contributed by atoms with Gasteiger partial charge in [0, 0.05) is 42.9 Å². The minimum absolute atomic E-state index is 0.0156. The lowest BCUT2D eigenvalue weighted by Gasteiger charge is -2.46. The fourth-order valence-corrected chi connectivity index (χ4v) is 2.84. The highest BCUT2D eigenvalue weighted by atomic mass is 16.3. The van der Waals surface area contributed by atoms with Gasteiger partial charge in [-0.2, -0.15) is 5.10 Å². The summed E-state index contributed by atoms with van der Waals surface area (Å²) in [5, 5.41) is 13.9. The van der Waals surface area contributed by atoms with Gasteiger partial charge in [0.2, 0.25) is 0 Å². The van der Waals surface area contributed by atoms with Crippen molar-refractivity contribution in [1.29, 1.82) is 0 Å². The third-order valence-corrected chi connectivity index (χ3v) is 4.05. The quantitative estimate of drug-likeness (QED) is 0.786. The number of aliphatic hydroxyl groups is 1. The lowest BCUT2D eigenvalue weighted by atomic mass is 9.60. The minimum Gasteiger partial charge on any atom is -0.396 e. The van der Waals surface area contributed by atoms with Gasteiger partial charge >= 0.3 is 0 Å². The van der Waals surface area contributed by atoms with Crippen molar-refractivity contribution in [2.24, 2.45) is 11.1 Å². The highest BCUT2D eigenvalue weighted by Gasteiger charge is 2.44. The molecule has 90 valence electrons. The standard InChI is InChI=1S/C12H21N3O/c1-2-15-11(4-7-14-15)10(8-13)12(9-16)5-3-6-12/h4,7,10,16H,2-3,5-6,8-9,13H2,1H3/t10-/m0/s1. The van der Waals surface area contributed by atoms with E-state index in [1.54, 1.807) is 0 Å². The topological polar surface area (TPSA) is 64.1 Å². The van der Waals surface area contributed by atoms with Gasteiger partial charge < -0.3 is 10.8 Å². The van der Waals surface area contributed by atoms with E-state index in [9.17, 15) is 5.11 Å². The molecule has 16 heavy (non-hydrogen) atoms. The molecule has 1 saturated carbocycles. The van der Waals surface area contributed by atoms with Crippen LogP contribution in [0.1, 0.15) is 37.8 Å². The predicted octanol–water partition coefficient (Wildman–Crippen LogP) is 1.11. The lowest BCUT2D eigenvalue weighted by Crippen LogP contribution is -2.43. The van der Waals surface area contributed by atoms with E-state index in [2.05, 4.69) is 12.0 Å². The molecule has 1 aliphatic carbocycles. The summed E-state index contributed by atoms with van der Waals surface area (Å²) in [6, 6.07) is 2.04. The van der Waals surface area contributed by atoms with Gasteiger partial charge in [-0.25, -0.2) is 0 Å². The summed E-state index contributed by atoms with van der Waals surface area (Å²) in [5.74, 6) is 0.244. The second-order valence-corrected chi connectivity index (χ2v) is 4.73. The Morgan fingerprint density at radius 3 is 2.81 bits per heavy atom. The molecular weight excluding hydrogens is 202 g/mol. The third-order valence-electron chi connectivity index (χ3n) is 4.05. The van der Waals surface area contributed by atoms with Crippen LogP contribution in [0.4, 0.5) is 0 Å². The highest BCUT2D eigenvalue weighted by molar-refractivity contribution is 5.16. The van der Waals surface area contributed by atoms with Gasteiger partial charge in [-0.3, -0.25) is 4.68 Å². The van der Waals surface area contributed by atoms with E-state index in [4.69, 9.17) is 5.73 Å². The van der Waals surface area contributed by atoms with Crippen molar-refractivity contribution in [3.63, 3.8) is 0 Å². The van der Waals surface area contributed by atoms with Crippen LogP contribution in [0.15, 0.2) is 12.3 Å². The maximum Gasteiger partial charge on any atom is 0.0494 e. The molecule has 4 nitrogen and oxygen atoms in total. The average molecular weight is 223 g/mol. The summed E-state index contributed by atoms with van der Waals surface area (Å²) in [5.41, 5.74) is 7.10. The number of aliphatic hydroxyl groups excluding tert-OH is 1. The molecule has 2 rings (SSSR count). The zero-order valence-electron chi connectivity index (χ0n) is 9.89. The van der Waals surface area contributed by atoms with Gasteiger partial charge in [0.05, 0.1) is 0 Å². The van der Waals surface area contributed by atoms with E-state index in [0.29, 0.717) is 6.54 Å². The molecule has 1 fully saturated rings. The van der Waals surface area contributed by atoms with Crippen LogP contribution >= 0.6 is 0 Å². The molecule has 0 unspecified atom stereocenters. The first-order valence-corrected chi connectivity index (χ1v) is 6.10. The number of nitrogens with zero attached hydrogens (tertiary/aromatic N) is 2. The number of nitrogens with two attached hydrogens (primary N) is 1. The molecule has 1 aliphatic rings. The van der Waals surface area contributed by atoms with E-state index in [1.807, 2.05) is 16.9 Å². The SMILES string of the molecule is CCn1nccc1[C@H](CN)C1(CO)CCC1. The number of aromatic nitrogens is 2. The minimum atomic E-state index is 0.0156. The van der Waals surface area contributed by atoms with E-state index < -0.39 is 0 Å². The van der Waals surface area contributed by atoms with E-state index in [0.717, 1.165) is 19.4 Å². The van der Waals surface area contributed by atoms with Crippen LogP contribution in [0.25, 0.3) is 0 Å². The van der Waals surface area contributed by atoms with E-state index in [-0.39, 0.29) is 17.9 Å². The Kier molecular flexibility index (Phi) is 3.30. The summed E-state index contributed by atoms with van der Waals surface area (Å²) in [4.78, 5) is 0. The number of hydrogen-bond donors (Lipinski definition) is 2. The van der Waals surface area contributed by atoms with Crippen LogP contribution in [-0.2, 0) is 6.54 Å². The first kappa shape index (κ1) is 11.6. The Morgan fingerprint density at radius 2 is 2.38 bits per heavy atom. The van der Waals surface area contributed by atoms with Crippen molar-refractivity contribution < 1.29 is 5.11 Å². The number of hydrogen-bond acceptors (Lipinski definition) is 3. The molecule has 0 aromatic carbocycles. The summed E-state index contributed by atoms with van der Waals surface area (Å²) >= 11 is 0. The molecule has 0 spiro atoms. The van der Waals surface area contributed by atoms with Gasteiger partial charge in [-0.05, 0) is 25.8 Å². The molecule has 0 amide bonds. The highest BCUT2D eigenvalue weighted by Crippen LogP contribution is 2.50.